The summed E-state index contributed by atoms with van der Waals surface area (Å²) in [4.78, 5) is 21.9. The summed E-state index contributed by atoms with van der Waals surface area (Å²) < 4.78 is 33.9. The highest BCUT2D eigenvalue weighted by molar-refractivity contribution is 7.89. The van der Waals surface area contributed by atoms with Gasteiger partial charge in [-0.3, -0.25) is 4.79 Å². The second kappa shape index (κ2) is 5.41. The number of nitrogens with zero attached hydrogens (tertiary/aromatic N) is 1. The van der Waals surface area contributed by atoms with Crippen molar-refractivity contribution >= 4 is 22.0 Å². The van der Waals surface area contributed by atoms with Crippen molar-refractivity contribution in [2.45, 2.75) is 18.1 Å². The third-order valence-electron chi connectivity index (χ3n) is 2.53. The minimum absolute atomic E-state index is 0.0718. The van der Waals surface area contributed by atoms with Crippen LogP contribution in [0.1, 0.15) is 17.3 Å². The molecule has 0 amide bonds. The van der Waals surface area contributed by atoms with Crippen LogP contribution in [-0.2, 0) is 19.6 Å². The summed E-state index contributed by atoms with van der Waals surface area (Å²) in [6, 6.07) is -0.289. The SMILES string of the molecule is COC(=O)c1coc(S(=O)(=O)N(C)C(C)C(=O)O)c1. The van der Waals surface area contributed by atoms with E-state index in [0.717, 1.165) is 26.5 Å². The smallest absolute Gasteiger partial charge is 0.341 e. The molecule has 0 aliphatic rings. The Hall–Kier alpha value is -1.87. The van der Waals surface area contributed by atoms with E-state index in [-0.39, 0.29) is 5.56 Å². The van der Waals surface area contributed by atoms with E-state index in [1.165, 1.54) is 6.92 Å². The van der Waals surface area contributed by atoms with E-state index < -0.39 is 33.1 Å². The molecule has 1 N–H and O–H groups in total. The number of carboxylic acid groups (broad SMARTS) is 1. The number of carbonyl (C=O) groups excluding carboxylic acids is 1. The summed E-state index contributed by atoms with van der Waals surface area (Å²) >= 11 is 0. The Morgan fingerprint density at radius 3 is 2.53 bits per heavy atom. The molecule has 1 heterocycles. The van der Waals surface area contributed by atoms with Crippen LogP contribution in [0.2, 0.25) is 0 Å². The molecule has 0 saturated heterocycles. The van der Waals surface area contributed by atoms with Crippen LogP contribution in [0, 0.1) is 0 Å². The van der Waals surface area contributed by atoms with Crippen molar-refractivity contribution in [2.75, 3.05) is 14.2 Å². The number of ether oxygens (including phenoxy) is 1. The van der Waals surface area contributed by atoms with Crippen molar-refractivity contribution in [1.29, 1.82) is 0 Å². The average molecular weight is 291 g/mol. The maximum absolute atomic E-state index is 12.0. The number of rotatable bonds is 5. The Morgan fingerprint density at radius 2 is 2.05 bits per heavy atom. The van der Waals surface area contributed by atoms with Crippen molar-refractivity contribution in [1.82, 2.24) is 4.31 Å². The van der Waals surface area contributed by atoms with Crippen LogP contribution in [0.5, 0.6) is 0 Å². The predicted octanol–water partition coefficient (Wildman–Crippen LogP) is 0.160. The van der Waals surface area contributed by atoms with Crippen LogP contribution < -0.4 is 0 Å². The summed E-state index contributed by atoms with van der Waals surface area (Å²) in [6.45, 7) is 1.21. The Balaban J connectivity index is 3.10. The van der Waals surface area contributed by atoms with Crippen molar-refractivity contribution in [2.24, 2.45) is 0 Å². The normalized spacial score (nSPS) is 13.3. The topological polar surface area (TPSA) is 114 Å². The second-order valence-corrected chi connectivity index (χ2v) is 5.61. The van der Waals surface area contributed by atoms with E-state index in [2.05, 4.69) is 4.74 Å². The molecule has 0 aliphatic carbocycles. The van der Waals surface area contributed by atoms with E-state index in [1.54, 1.807) is 0 Å². The number of carbonyl (C=O) groups is 2. The lowest BCUT2D eigenvalue weighted by molar-refractivity contribution is -0.140. The average Bonchev–Trinajstić information content (AvgIpc) is 2.85. The van der Waals surface area contributed by atoms with Crippen LogP contribution in [0.3, 0.4) is 0 Å². The van der Waals surface area contributed by atoms with E-state index in [4.69, 9.17) is 9.52 Å². The maximum Gasteiger partial charge on any atom is 0.341 e. The fourth-order valence-electron chi connectivity index (χ4n) is 1.18. The Kier molecular flexibility index (Phi) is 4.32. The number of furan rings is 1. The second-order valence-electron chi connectivity index (χ2n) is 3.68. The first-order valence-corrected chi connectivity index (χ1v) is 6.53. The van der Waals surface area contributed by atoms with Crippen LogP contribution >= 0.6 is 0 Å². The summed E-state index contributed by atoms with van der Waals surface area (Å²) in [6.07, 6.45) is 0.929. The first-order chi connectivity index (χ1) is 8.71. The van der Waals surface area contributed by atoms with Gasteiger partial charge in [-0.2, -0.15) is 4.31 Å². The fraction of sp³-hybridized carbons (Fsp3) is 0.400. The third kappa shape index (κ3) is 2.93. The molecular formula is C10H13NO7S. The molecule has 9 heteroatoms. The summed E-state index contributed by atoms with van der Waals surface area (Å²) in [5.74, 6) is -2.05. The van der Waals surface area contributed by atoms with Crippen LogP contribution in [0.25, 0.3) is 0 Å². The van der Waals surface area contributed by atoms with Crippen LogP contribution in [0.4, 0.5) is 0 Å². The van der Waals surface area contributed by atoms with Gasteiger partial charge in [0.2, 0.25) is 5.09 Å². The van der Waals surface area contributed by atoms with Crippen molar-refractivity contribution in [3.05, 3.63) is 17.9 Å². The fourth-order valence-corrected chi connectivity index (χ4v) is 2.42. The molecule has 0 radical (unpaired) electrons. The number of hydrogen-bond donors (Lipinski definition) is 1. The van der Waals surface area contributed by atoms with E-state index in [9.17, 15) is 18.0 Å². The summed E-state index contributed by atoms with van der Waals surface area (Å²) in [5, 5.41) is 8.26. The number of carboxylic acids is 1. The quantitative estimate of drug-likeness (QED) is 0.768. The van der Waals surface area contributed by atoms with Gasteiger partial charge in [-0.1, -0.05) is 0 Å². The van der Waals surface area contributed by atoms with E-state index in [1.807, 2.05) is 0 Å². The molecule has 8 nitrogen and oxygen atoms in total. The summed E-state index contributed by atoms with van der Waals surface area (Å²) in [5.41, 5.74) is -0.0718. The Bertz CT molecular complexity index is 589. The van der Waals surface area contributed by atoms with Gasteiger partial charge in [0.05, 0.1) is 12.7 Å². The molecule has 0 fully saturated rings. The molecule has 1 unspecified atom stereocenters. The zero-order chi connectivity index (χ0) is 14.8. The monoisotopic (exact) mass is 291 g/mol. The molecule has 1 aromatic rings. The molecule has 0 aliphatic heterocycles. The highest BCUT2D eigenvalue weighted by Gasteiger charge is 2.32. The number of likely N-dealkylation sites (N-methyl/N-ethyl adjacent to an activating group) is 1. The molecule has 19 heavy (non-hydrogen) atoms. The van der Waals surface area contributed by atoms with Gasteiger partial charge in [0.25, 0.3) is 10.0 Å². The molecule has 106 valence electrons. The van der Waals surface area contributed by atoms with Gasteiger partial charge < -0.3 is 14.3 Å². The minimum Gasteiger partial charge on any atom is -0.480 e. The number of hydrogen-bond acceptors (Lipinski definition) is 6. The molecule has 0 saturated carbocycles. The molecular weight excluding hydrogens is 278 g/mol. The highest BCUT2D eigenvalue weighted by atomic mass is 32.2. The Labute approximate surface area is 109 Å². The Morgan fingerprint density at radius 1 is 1.47 bits per heavy atom. The largest absolute Gasteiger partial charge is 0.480 e. The standard InChI is InChI=1S/C10H13NO7S/c1-6(9(12)13)11(2)19(15,16)8-4-7(5-18-8)10(14)17-3/h4-6H,1-3H3,(H,12,13). The number of methoxy groups -OCH3 is 1. The lowest BCUT2D eigenvalue weighted by atomic mass is 10.3. The number of sulfonamides is 1. The number of esters is 1. The van der Waals surface area contributed by atoms with Gasteiger partial charge in [0.15, 0.2) is 0 Å². The zero-order valence-corrected chi connectivity index (χ0v) is 11.3. The highest BCUT2D eigenvalue weighted by Crippen LogP contribution is 2.20. The van der Waals surface area contributed by atoms with Gasteiger partial charge in [0.1, 0.15) is 12.3 Å². The molecule has 1 atom stereocenters. The molecule has 0 spiro atoms. The van der Waals surface area contributed by atoms with E-state index in [0.29, 0.717) is 4.31 Å². The molecule has 1 aromatic heterocycles. The van der Waals surface area contributed by atoms with E-state index >= 15 is 0 Å². The minimum atomic E-state index is -4.13. The predicted molar refractivity (Wildman–Crippen MR) is 62.1 cm³/mol. The third-order valence-corrected chi connectivity index (χ3v) is 4.33. The lowest BCUT2D eigenvalue weighted by Gasteiger charge is -2.19. The maximum atomic E-state index is 12.0. The van der Waals surface area contributed by atoms with Gasteiger partial charge in [-0.15, -0.1) is 0 Å². The first kappa shape index (κ1) is 15.2. The van der Waals surface area contributed by atoms with Gasteiger partial charge in [-0.05, 0) is 6.92 Å². The summed E-state index contributed by atoms with van der Waals surface area (Å²) in [7, 11) is -1.88. The number of aliphatic carboxylic acids is 1. The first-order valence-electron chi connectivity index (χ1n) is 5.09. The molecule has 1 rings (SSSR count). The van der Waals surface area contributed by atoms with Crippen molar-refractivity contribution in [3.8, 4) is 0 Å². The van der Waals surface area contributed by atoms with Crippen LogP contribution in [-0.4, -0.2) is 50.0 Å². The van der Waals surface area contributed by atoms with Gasteiger partial charge in [0, 0.05) is 13.1 Å². The zero-order valence-electron chi connectivity index (χ0n) is 10.5. The van der Waals surface area contributed by atoms with Gasteiger partial charge >= 0.3 is 11.9 Å². The van der Waals surface area contributed by atoms with Crippen molar-refractivity contribution in [3.63, 3.8) is 0 Å². The lowest BCUT2D eigenvalue weighted by Crippen LogP contribution is -2.40. The molecule has 0 bridgehead atoms. The van der Waals surface area contributed by atoms with Gasteiger partial charge in [-0.25, -0.2) is 13.2 Å². The van der Waals surface area contributed by atoms with Crippen molar-refractivity contribution < 1.29 is 32.3 Å². The molecule has 0 aromatic carbocycles. The van der Waals surface area contributed by atoms with Crippen LogP contribution in [0.15, 0.2) is 21.8 Å².